The van der Waals surface area contributed by atoms with Gasteiger partial charge in [0.1, 0.15) is 22.7 Å². The van der Waals surface area contributed by atoms with E-state index in [4.69, 9.17) is 37.7 Å². The van der Waals surface area contributed by atoms with Crippen LogP contribution in [0.1, 0.15) is 33.7 Å². The lowest BCUT2D eigenvalue weighted by Crippen LogP contribution is -2.35. The van der Waals surface area contributed by atoms with Crippen molar-refractivity contribution in [3.63, 3.8) is 0 Å². The van der Waals surface area contributed by atoms with Gasteiger partial charge in [0.2, 0.25) is 0 Å². The van der Waals surface area contributed by atoms with Crippen LogP contribution < -0.4 is 4.90 Å². The summed E-state index contributed by atoms with van der Waals surface area (Å²) in [6.45, 7) is 4.46. The van der Waals surface area contributed by atoms with E-state index >= 15 is 0 Å². The van der Waals surface area contributed by atoms with Gasteiger partial charge in [-0.15, -0.1) is 0 Å². The fraction of sp³-hybridized carbons (Fsp3) is 0.200. The van der Waals surface area contributed by atoms with Gasteiger partial charge in [0, 0.05) is 43.2 Å². The smallest absolute Gasteiger partial charge is 0.263 e. The van der Waals surface area contributed by atoms with E-state index in [1.54, 1.807) is 18.2 Å². The van der Waals surface area contributed by atoms with Crippen LogP contribution >= 0.6 is 23.2 Å². The van der Waals surface area contributed by atoms with E-state index in [0.29, 0.717) is 65.4 Å². The first-order valence-electron chi connectivity index (χ1n) is 14.6. The number of halogens is 2. The maximum Gasteiger partial charge on any atom is 0.263 e. The number of aryl methyl sites for hydroxylation is 1. The Morgan fingerprint density at radius 1 is 0.864 bits per heavy atom. The summed E-state index contributed by atoms with van der Waals surface area (Å²) in [7, 11) is 0. The summed E-state index contributed by atoms with van der Waals surface area (Å²) < 4.78 is 5.90. The van der Waals surface area contributed by atoms with Gasteiger partial charge in [-0.25, -0.2) is 4.98 Å². The molecule has 1 aliphatic rings. The fourth-order valence-corrected chi connectivity index (χ4v) is 6.26. The summed E-state index contributed by atoms with van der Waals surface area (Å²) in [5.41, 5.74) is 4.85. The van der Waals surface area contributed by atoms with Gasteiger partial charge in [-0.05, 0) is 53.9 Å². The molecule has 220 valence electrons. The number of nitrogens with zero attached hydrogens (tertiary/aromatic N) is 5. The Labute approximate surface area is 265 Å². The second-order valence-corrected chi connectivity index (χ2v) is 12.0. The van der Waals surface area contributed by atoms with Gasteiger partial charge in [-0.1, -0.05) is 94.6 Å². The molecule has 0 spiro atoms. The van der Waals surface area contributed by atoms with Gasteiger partial charge < -0.3 is 14.3 Å². The summed E-state index contributed by atoms with van der Waals surface area (Å²) in [6.07, 6.45) is 1.31. The van der Waals surface area contributed by atoms with Crippen LogP contribution in [-0.4, -0.2) is 52.1 Å². The molecule has 7 nitrogen and oxygen atoms in total. The number of hydrogen-bond acceptors (Lipinski definition) is 6. The average molecular weight is 623 g/mol. The Morgan fingerprint density at radius 2 is 1.68 bits per heavy atom. The minimum absolute atomic E-state index is 0.108. The standard InChI is InChI=1S/C35H29Cl2N5O2/c1-22-7-9-23(10-8-22)19-30-38-33(41-15-4-16-42(18-17-41)35(43)28-14-13-27(36)21-29(28)37)31-32(40-44-34(31)39-30)26-12-11-24-5-2-3-6-25(24)20-26/h2-3,5-14,20-21H,4,15-19H2,1H3. The number of fused-ring (bicyclic) bond motifs is 2. The first-order valence-corrected chi connectivity index (χ1v) is 15.4. The minimum Gasteiger partial charge on any atom is -0.354 e. The predicted octanol–water partition coefficient (Wildman–Crippen LogP) is 8.00. The highest BCUT2D eigenvalue weighted by Crippen LogP contribution is 2.36. The number of rotatable bonds is 5. The number of benzene rings is 4. The van der Waals surface area contributed by atoms with Crippen molar-refractivity contribution in [3.05, 3.63) is 117 Å². The van der Waals surface area contributed by atoms with Crippen LogP contribution in [0.3, 0.4) is 0 Å². The number of aromatic nitrogens is 3. The van der Waals surface area contributed by atoms with Crippen LogP contribution in [0.15, 0.2) is 89.5 Å². The molecule has 0 bridgehead atoms. The SMILES string of the molecule is Cc1ccc(Cc2nc(N3CCCN(C(=O)c4ccc(Cl)cc4Cl)CC3)c3c(-c4ccc5ccccc5c4)noc3n2)cc1. The van der Waals surface area contributed by atoms with Crippen LogP contribution in [-0.2, 0) is 6.42 Å². The van der Waals surface area contributed by atoms with E-state index < -0.39 is 0 Å². The highest BCUT2D eigenvalue weighted by molar-refractivity contribution is 6.36. The lowest BCUT2D eigenvalue weighted by molar-refractivity contribution is 0.0767. The van der Waals surface area contributed by atoms with Crippen LogP contribution in [0.25, 0.3) is 33.1 Å². The number of anilines is 1. The zero-order valence-electron chi connectivity index (χ0n) is 24.1. The molecule has 0 unspecified atom stereocenters. The van der Waals surface area contributed by atoms with Crippen LogP contribution in [0.2, 0.25) is 10.0 Å². The lowest BCUT2D eigenvalue weighted by atomic mass is 10.0. The molecule has 3 heterocycles. The van der Waals surface area contributed by atoms with Crippen LogP contribution in [0.4, 0.5) is 5.82 Å². The molecule has 0 radical (unpaired) electrons. The first-order chi connectivity index (χ1) is 21.4. The molecule has 1 amide bonds. The molecule has 0 atom stereocenters. The van der Waals surface area contributed by atoms with Crippen molar-refractivity contribution >= 4 is 56.8 Å². The van der Waals surface area contributed by atoms with E-state index in [0.717, 1.165) is 39.5 Å². The maximum absolute atomic E-state index is 13.5. The molecule has 2 aromatic heterocycles. The monoisotopic (exact) mass is 621 g/mol. The third kappa shape index (κ3) is 5.61. The van der Waals surface area contributed by atoms with Gasteiger partial charge in [0.05, 0.1) is 10.6 Å². The highest BCUT2D eigenvalue weighted by atomic mass is 35.5. The number of carbonyl (C=O) groups excluding carboxylic acids is 1. The third-order valence-corrected chi connectivity index (χ3v) is 8.66. The van der Waals surface area contributed by atoms with Crippen molar-refractivity contribution in [2.45, 2.75) is 19.8 Å². The summed E-state index contributed by atoms with van der Waals surface area (Å²) in [6, 6.07) is 27.9. The van der Waals surface area contributed by atoms with Crippen LogP contribution in [0.5, 0.6) is 0 Å². The Morgan fingerprint density at radius 3 is 2.50 bits per heavy atom. The topological polar surface area (TPSA) is 75.4 Å². The molecule has 4 aromatic carbocycles. The second-order valence-electron chi connectivity index (χ2n) is 11.2. The molecule has 1 aliphatic heterocycles. The molecular formula is C35H29Cl2N5O2. The van der Waals surface area contributed by atoms with Crippen molar-refractivity contribution in [2.75, 3.05) is 31.1 Å². The molecule has 44 heavy (non-hydrogen) atoms. The van der Waals surface area contributed by atoms with E-state index in [1.165, 1.54) is 5.56 Å². The van der Waals surface area contributed by atoms with Gasteiger partial charge in [-0.3, -0.25) is 4.79 Å². The number of amides is 1. The summed E-state index contributed by atoms with van der Waals surface area (Å²) in [5, 5.41) is 8.41. The Kier molecular flexibility index (Phi) is 7.66. The van der Waals surface area contributed by atoms with Gasteiger partial charge in [0.15, 0.2) is 0 Å². The Balaban J connectivity index is 1.27. The molecule has 0 saturated carbocycles. The third-order valence-electron chi connectivity index (χ3n) is 8.11. The fourth-order valence-electron chi connectivity index (χ4n) is 5.78. The molecule has 7 rings (SSSR count). The van der Waals surface area contributed by atoms with Gasteiger partial charge >= 0.3 is 0 Å². The number of carbonyl (C=O) groups is 1. The predicted molar refractivity (Wildman–Crippen MR) is 176 cm³/mol. The molecule has 6 aromatic rings. The quantitative estimate of drug-likeness (QED) is 0.194. The summed E-state index contributed by atoms with van der Waals surface area (Å²) in [4.78, 5) is 27.5. The molecule has 1 fully saturated rings. The van der Waals surface area contributed by atoms with Crippen LogP contribution in [0, 0.1) is 6.92 Å². The van der Waals surface area contributed by atoms with Crippen molar-refractivity contribution in [1.29, 1.82) is 0 Å². The molecular weight excluding hydrogens is 593 g/mol. The van der Waals surface area contributed by atoms with E-state index in [1.807, 2.05) is 17.0 Å². The Hall–Kier alpha value is -4.46. The van der Waals surface area contributed by atoms with Gasteiger partial charge in [0.25, 0.3) is 11.6 Å². The van der Waals surface area contributed by atoms with Crippen molar-refractivity contribution in [3.8, 4) is 11.3 Å². The van der Waals surface area contributed by atoms with Crippen molar-refractivity contribution in [2.24, 2.45) is 0 Å². The van der Waals surface area contributed by atoms with E-state index in [-0.39, 0.29) is 5.91 Å². The molecule has 0 N–H and O–H groups in total. The lowest BCUT2D eigenvalue weighted by Gasteiger charge is -2.24. The maximum atomic E-state index is 13.5. The minimum atomic E-state index is -0.108. The van der Waals surface area contributed by atoms with Crippen molar-refractivity contribution < 1.29 is 9.32 Å². The molecule has 9 heteroatoms. The highest BCUT2D eigenvalue weighted by Gasteiger charge is 2.27. The van der Waals surface area contributed by atoms with Gasteiger partial charge in [-0.2, -0.15) is 4.98 Å². The first kappa shape index (κ1) is 28.3. The zero-order valence-corrected chi connectivity index (χ0v) is 25.6. The largest absolute Gasteiger partial charge is 0.354 e. The van der Waals surface area contributed by atoms with Crippen molar-refractivity contribution in [1.82, 2.24) is 20.0 Å². The summed E-state index contributed by atoms with van der Waals surface area (Å²) in [5.74, 6) is 1.31. The molecule has 1 saturated heterocycles. The average Bonchev–Trinajstić information content (AvgIpc) is 3.30. The normalized spacial score (nSPS) is 13.9. The summed E-state index contributed by atoms with van der Waals surface area (Å²) >= 11 is 12.5. The molecule has 0 aliphatic carbocycles. The second kappa shape index (κ2) is 11.9. The number of hydrogen-bond donors (Lipinski definition) is 0. The van der Waals surface area contributed by atoms with E-state index in [9.17, 15) is 4.79 Å². The van der Waals surface area contributed by atoms with E-state index in [2.05, 4.69) is 71.6 Å². The zero-order chi connectivity index (χ0) is 30.2. The Bertz CT molecular complexity index is 2010.